The molecule has 0 bridgehead atoms. The molecule has 0 aromatic heterocycles. The Morgan fingerprint density at radius 3 is 2.56 bits per heavy atom. The quantitative estimate of drug-likeness (QED) is 0.492. The molecule has 0 aliphatic rings. The van der Waals surface area contributed by atoms with Crippen LogP contribution >= 0.6 is 0 Å². The second-order valence-electron chi connectivity index (χ2n) is 5.66. The van der Waals surface area contributed by atoms with E-state index in [1.54, 1.807) is 6.07 Å². The van der Waals surface area contributed by atoms with Crippen molar-refractivity contribution in [3.8, 4) is 5.75 Å². The van der Waals surface area contributed by atoms with Crippen LogP contribution in [0.2, 0.25) is 0 Å². The first kappa shape index (κ1) is 18.1. The number of benzene rings is 2. The second kappa shape index (κ2) is 7.57. The molecule has 0 saturated heterocycles. The Balaban J connectivity index is 2.13. The maximum absolute atomic E-state index is 12.3. The van der Waals surface area contributed by atoms with Gasteiger partial charge in [-0.05, 0) is 38.5 Å². The highest BCUT2D eigenvalue weighted by Gasteiger charge is 2.19. The zero-order valence-corrected chi connectivity index (χ0v) is 14.1. The number of nitrogens with one attached hydrogen (secondary N) is 1. The van der Waals surface area contributed by atoms with Crippen LogP contribution in [0, 0.1) is 24.0 Å². The van der Waals surface area contributed by atoms with E-state index < -0.39 is 11.0 Å². The van der Waals surface area contributed by atoms with Crippen molar-refractivity contribution in [2.24, 2.45) is 0 Å². The summed E-state index contributed by atoms with van der Waals surface area (Å²) >= 11 is 0. The molecule has 1 atom stereocenters. The van der Waals surface area contributed by atoms with Crippen molar-refractivity contribution < 1.29 is 19.2 Å². The molecular formula is C18H18N2O5. The number of hydrogen-bond acceptors (Lipinski definition) is 5. The van der Waals surface area contributed by atoms with E-state index in [1.807, 2.05) is 26.0 Å². The van der Waals surface area contributed by atoms with Crippen LogP contribution in [0.25, 0.3) is 0 Å². The number of aldehydes is 1. The summed E-state index contributed by atoms with van der Waals surface area (Å²) in [6, 6.07) is 9.27. The standard InChI is InChI=1S/C18H18N2O5/c1-11-4-6-16(12(2)8-11)19-18(22)13(3)25-17-7-5-15(20(23)24)9-14(17)10-21/h4-10,13H,1-3H3,(H,19,22)/t13-/m0/s1. The lowest BCUT2D eigenvalue weighted by Crippen LogP contribution is -2.30. The number of amides is 1. The summed E-state index contributed by atoms with van der Waals surface area (Å²) in [4.78, 5) is 33.6. The zero-order chi connectivity index (χ0) is 18.6. The highest BCUT2D eigenvalue weighted by atomic mass is 16.6. The summed E-state index contributed by atoms with van der Waals surface area (Å²) in [6.45, 7) is 5.38. The van der Waals surface area contributed by atoms with Gasteiger partial charge in [-0.2, -0.15) is 0 Å². The largest absolute Gasteiger partial charge is 0.480 e. The molecule has 7 nitrogen and oxygen atoms in total. The summed E-state index contributed by atoms with van der Waals surface area (Å²) in [5.74, 6) is -0.272. The van der Waals surface area contributed by atoms with Crippen LogP contribution in [-0.2, 0) is 4.79 Å². The van der Waals surface area contributed by atoms with E-state index in [4.69, 9.17) is 4.74 Å². The van der Waals surface area contributed by atoms with E-state index in [-0.39, 0.29) is 22.9 Å². The van der Waals surface area contributed by atoms with E-state index in [0.717, 1.165) is 17.2 Å². The normalized spacial score (nSPS) is 11.5. The first-order valence-electron chi connectivity index (χ1n) is 7.60. The molecule has 0 spiro atoms. The topological polar surface area (TPSA) is 98.5 Å². The van der Waals surface area contributed by atoms with Crippen molar-refractivity contribution in [2.45, 2.75) is 26.9 Å². The summed E-state index contributed by atoms with van der Waals surface area (Å²) in [6.07, 6.45) is -0.433. The average Bonchev–Trinajstić information content (AvgIpc) is 2.57. The van der Waals surface area contributed by atoms with Crippen LogP contribution in [0.3, 0.4) is 0 Å². The minimum atomic E-state index is -0.888. The number of rotatable bonds is 6. The third kappa shape index (κ3) is 4.41. The molecular weight excluding hydrogens is 324 g/mol. The number of carbonyl (C=O) groups excluding carboxylic acids is 2. The van der Waals surface area contributed by atoms with Crippen molar-refractivity contribution >= 4 is 23.6 Å². The Hall–Kier alpha value is -3.22. The lowest BCUT2D eigenvalue weighted by Gasteiger charge is -2.17. The van der Waals surface area contributed by atoms with Gasteiger partial charge in [0.15, 0.2) is 12.4 Å². The van der Waals surface area contributed by atoms with Gasteiger partial charge in [0.1, 0.15) is 5.75 Å². The molecule has 1 N–H and O–H groups in total. The lowest BCUT2D eigenvalue weighted by molar-refractivity contribution is -0.384. The molecule has 0 unspecified atom stereocenters. The van der Waals surface area contributed by atoms with E-state index in [0.29, 0.717) is 12.0 Å². The first-order valence-corrected chi connectivity index (χ1v) is 7.60. The van der Waals surface area contributed by atoms with Crippen LogP contribution in [0.15, 0.2) is 36.4 Å². The van der Waals surface area contributed by atoms with Gasteiger partial charge in [0, 0.05) is 17.8 Å². The van der Waals surface area contributed by atoms with Gasteiger partial charge >= 0.3 is 0 Å². The molecule has 7 heteroatoms. The van der Waals surface area contributed by atoms with Crippen molar-refractivity contribution in [1.29, 1.82) is 0 Å². The van der Waals surface area contributed by atoms with Crippen LogP contribution in [0.4, 0.5) is 11.4 Å². The Bertz CT molecular complexity index is 832. The number of anilines is 1. The smallest absolute Gasteiger partial charge is 0.270 e. The molecule has 25 heavy (non-hydrogen) atoms. The summed E-state index contributed by atoms with van der Waals surface area (Å²) < 4.78 is 5.50. The van der Waals surface area contributed by atoms with Gasteiger partial charge in [-0.25, -0.2) is 0 Å². The summed E-state index contributed by atoms with van der Waals surface area (Å²) in [5.41, 5.74) is 2.47. The van der Waals surface area contributed by atoms with E-state index in [1.165, 1.54) is 19.1 Å². The van der Waals surface area contributed by atoms with Crippen molar-refractivity contribution in [3.63, 3.8) is 0 Å². The summed E-state index contributed by atoms with van der Waals surface area (Å²) in [7, 11) is 0. The van der Waals surface area contributed by atoms with E-state index in [9.17, 15) is 19.7 Å². The number of ether oxygens (including phenoxy) is 1. The molecule has 0 saturated carbocycles. The third-order valence-electron chi connectivity index (χ3n) is 3.64. The van der Waals surface area contributed by atoms with E-state index in [2.05, 4.69) is 5.32 Å². The molecule has 130 valence electrons. The van der Waals surface area contributed by atoms with Crippen molar-refractivity contribution in [2.75, 3.05) is 5.32 Å². The monoisotopic (exact) mass is 342 g/mol. The number of nitrogens with zero attached hydrogens (tertiary/aromatic N) is 1. The highest BCUT2D eigenvalue weighted by molar-refractivity contribution is 5.95. The average molecular weight is 342 g/mol. The van der Waals surface area contributed by atoms with Gasteiger partial charge in [0.2, 0.25) is 0 Å². The molecule has 2 aromatic carbocycles. The van der Waals surface area contributed by atoms with Gasteiger partial charge in [0.25, 0.3) is 11.6 Å². The molecule has 1 amide bonds. The van der Waals surface area contributed by atoms with Crippen LogP contribution in [0.1, 0.15) is 28.4 Å². The second-order valence-corrected chi connectivity index (χ2v) is 5.66. The fourth-order valence-electron chi connectivity index (χ4n) is 2.28. The third-order valence-corrected chi connectivity index (χ3v) is 3.64. The SMILES string of the molecule is Cc1ccc(NC(=O)[C@H](C)Oc2ccc([N+](=O)[O-])cc2C=O)c(C)c1. The predicted octanol–water partition coefficient (Wildman–Crippen LogP) is 3.43. The maximum atomic E-state index is 12.3. The fourth-order valence-corrected chi connectivity index (χ4v) is 2.28. The molecule has 0 heterocycles. The number of non-ortho nitro benzene ring substituents is 1. The Morgan fingerprint density at radius 1 is 1.24 bits per heavy atom. The van der Waals surface area contributed by atoms with Gasteiger partial charge in [0.05, 0.1) is 10.5 Å². The van der Waals surface area contributed by atoms with Crippen molar-refractivity contribution in [3.05, 3.63) is 63.2 Å². The molecule has 0 aliphatic heterocycles. The van der Waals surface area contributed by atoms with Gasteiger partial charge in [-0.15, -0.1) is 0 Å². The first-order chi connectivity index (χ1) is 11.8. The minimum Gasteiger partial charge on any atom is -0.480 e. The Labute approximate surface area is 144 Å². The fraction of sp³-hybridized carbons (Fsp3) is 0.222. The zero-order valence-electron chi connectivity index (χ0n) is 14.1. The number of hydrogen-bond donors (Lipinski definition) is 1. The number of carbonyl (C=O) groups is 2. The van der Waals surface area contributed by atoms with Crippen molar-refractivity contribution in [1.82, 2.24) is 0 Å². The Morgan fingerprint density at radius 2 is 1.96 bits per heavy atom. The predicted molar refractivity (Wildman–Crippen MR) is 93.1 cm³/mol. The minimum absolute atomic E-state index is 0.0142. The molecule has 2 rings (SSSR count). The van der Waals surface area contributed by atoms with Crippen LogP contribution in [-0.4, -0.2) is 23.2 Å². The number of nitro groups is 1. The molecule has 2 aromatic rings. The van der Waals surface area contributed by atoms with Gasteiger partial charge < -0.3 is 10.1 Å². The van der Waals surface area contributed by atoms with Gasteiger partial charge in [-0.3, -0.25) is 19.7 Å². The Kier molecular flexibility index (Phi) is 5.49. The number of aryl methyl sites for hydroxylation is 2. The molecule has 0 aliphatic carbocycles. The maximum Gasteiger partial charge on any atom is 0.270 e. The van der Waals surface area contributed by atoms with Gasteiger partial charge in [-0.1, -0.05) is 17.7 Å². The highest BCUT2D eigenvalue weighted by Crippen LogP contribution is 2.24. The van der Waals surface area contributed by atoms with E-state index >= 15 is 0 Å². The summed E-state index contributed by atoms with van der Waals surface area (Å²) in [5, 5.41) is 13.5. The molecule has 0 fully saturated rings. The number of nitro benzene ring substituents is 1. The molecule has 0 radical (unpaired) electrons. The van der Waals surface area contributed by atoms with Crippen LogP contribution < -0.4 is 10.1 Å². The lowest BCUT2D eigenvalue weighted by atomic mass is 10.1. The van der Waals surface area contributed by atoms with Crippen LogP contribution in [0.5, 0.6) is 5.75 Å².